The number of anilines is 2. The second-order valence-electron chi connectivity index (χ2n) is 26.0. The lowest BCUT2D eigenvalue weighted by molar-refractivity contribution is -0.228. The van der Waals surface area contributed by atoms with E-state index in [4.69, 9.17) is 65.9 Å². The molecule has 31 heteroatoms. The highest BCUT2D eigenvalue weighted by molar-refractivity contribution is 7.80. The van der Waals surface area contributed by atoms with E-state index < -0.39 is 77.8 Å². The molecule has 1 saturated carbocycles. The van der Waals surface area contributed by atoms with E-state index in [1.54, 1.807) is 25.4 Å². The summed E-state index contributed by atoms with van der Waals surface area (Å²) in [6.07, 6.45) is 1.50. The van der Waals surface area contributed by atoms with Gasteiger partial charge in [-0.05, 0) is 129 Å². The van der Waals surface area contributed by atoms with E-state index in [9.17, 15) is 58.8 Å². The summed E-state index contributed by atoms with van der Waals surface area (Å²) in [6.45, 7) is 13.5. The largest absolute Gasteiger partial charge is 0.479 e. The van der Waals surface area contributed by atoms with Crippen LogP contribution >= 0.6 is 12.2 Å². The Balaban J connectivity index is 0.773. The molecule has 0 spiro atoms. The molecule has 6 amide bonds. The Labute approximate surface area is 585 Å². The van der Waals surface area contributed by atoms with Crippen molar-refractivity contribution in [3.05, 3.63) is 101 Å². The molecular formula is C69H92N10O20S. The fourth-order valence-corrected chi connectivity index (χ4v) is 13.4. The van der Waals surface area contributed by atoms with Crippen LogP contribution in [0.1, 0.15) is 116 Å². The third-order valence-electron chi connectivity index (χ3n) is 18.1. The summed E-state index contributed by atoms with van der Waals surface area (Å²) in [5.41, 5.74) is 9.44. The highest BCUT2D eigenvalue weighted by Crippen LogP contribution is 2.48. The van der Waals surface area contributed by atoms with Crippen molar-refractivity contribution in [3.63, 3.8) is 0 Å². The smallest absolute Gasteiger partial charge is 0.409 e. The molecule has 0 radical (unpaired) electrons. The zero-order valence-electron chi connectivity index (χ0n) is 57.3. The molecule has 1 aliphatic carbocycles. The molecule has 1 saturated heterocycles. The minimum Gasteiger partial charge on any atom is -0.479 e. The third-order valence-corrected chi connectivity index (χ3v) is 18.2. The number of thiocarbonyl (C=S) groups is 1. The average Bonchev–Trinajstić information content (AvgIpc) is 1.29. The molecule has 9 N–H and O–H groups in total. The number of aliphatic carboxylic acids is 1. The minimum absolute atomic E-state index is 0.00925. The number of carboxylic acids is 2. The molecule has 4 unspecified atom stereocenters. The van der Waals surface area contributed by atoms with Crippen LogP contribution in [0.3, 0.4) is 0 Å². The first kappa shape index (κ1) is 77.2. The number of nitrogens with one attached hydrogen (secondary N) is 3. The number of aromatic carboxylic acids is 1. The molecule has 2 aromatic heterocycles. The monoisotopic (exact) mass is 1410 g/mol. The number of hydrogen-bond acceptors (Lipinski definition) is 22. The summed E-state index contributed by atoms with van der Waals surface area (Å²) >= 11 is 4.92. The number of carbonyl (C=O) groups is 8. The standard InChI is InChI=1S/C69H92N10O20S/c1-7-69(41-79-44(4)49(36-72-79)47-12-14-54(74-60(47)64(87)88)77-20-18-46-9-8-10-48(50(46)37-77)63(86)75-66(70)100)35-43(3)31-42(2)34-68(5,40-69)97-30-29-94-26-25-92-23-21-76(6)67(91)96-38-45-11-13-53(98-59-33-52(80)61(85)62(99-59)65(89)90)51(32-45)73-55(81)17-19-71-56(82)39-95-28-27-93-24-22-78-57(83)15-16-58(78)84/h8-16,32,36,42-43,52,59,61-62,80,85H,7,17-31,33-35,37-41H2,1-6H3,(H,71,82)(H,73,81)(H,87,88)(H,89,90)(H3,70,75,86,100)/t42?,43?,52-,59-,61-,62+,68?,69?/m1/s1. The molecular weight excluding hydrogens is 1320 g/mol. The molecule has 4 aliphatic rings. The number of hydrogen-bond donors (Lipinski definition) is 8. The number of fused-ring (bicyclic) bond motifs is 1. The number of rotatable bonds is 34. The van der Waals surface area contributed by atoms with Crippen LogP contribution < -0.4 is 31.3 Å². The van der Waals surface area contributed by atoms with Crippen molar-refractivity contribution in [2.24, 2.45) is 23.0 Å². The maximum Gasteiger partial charge on any atom is 0.409 e. The molecule has 2 fully saturated rings. The van der Waals surface area contributed by atoms with Crippen molar-refractivity contribution in [3.8, 4) is 16.9 Å². The molecule has 0 bridgehead atoms. The average molecular weight is 1410 g/mol. The Morgan fingerprint density at radius 1 is 0.870 bits per heavy atom. The number of aliphatic hydroxyl groups is 2. The molecule has 30 nitrogen and oxygen atoms in total. The number of amides is 6. The fraction of sp³-hybridized carbons (Fsp3) is 0.551. The molecule has 8 atom stereocenters. The lowest BCUT2D eigenvalue weighted by atomic mass is 9.65. The van der Waals surface area contributed by atoms with E-state index in [-0.39, 0.29) is 113 Å². The number of aliphatic hydroxyl groups excluding tert-OH is 2. The van der Waals surface area contributed by atoms with E-state index in [2.05, 4.69) is 43.6 Å². The summed E-state index contributed by atoms with van der Waals surface area (Å²) in [7, 11) is 1.54. The van der Waals surface area contributed by atoms with Gasteiger partial charge in [0.15, 0.2) is 16.9 Å². The Bertz CT molecular complexity index is 3590. The van der Waals surface area contributed by atoms with Gasteiger partial charge in [0.1, 0.15) is 30.9 Å². The number of benzene rings is 2. The van der Waals surface area contributed by atoms with Gasteiger partial charge in [-0.2, -0.15) is 5.10 Å². The SMILES string of the molecule is CCC1(Cn2ncc(-c3ccc(N4CCc5cccc(C(=O)NC(N)=S)c5C4)nc3C(=O)O)c2C)CC(C)CC(C)CC(C)(OCCOCCOCCN(C)C(=O)OCc2ccc(O[C@H]3C[C@@H](O)[C@@H](O)[C@@H](C(=O)O)O3)c(NC(=O)CCNC(=O)COCCOCCN3C(=O)C=CC3=O)c2)C1. The Morgan fingerprint density at radius 3 is 2.30 bits per heavy atom. The van der Waals surface area contributed by atoms with Crippen LogP contribution in [-0.2, 0) is 83.2 Å². The van der Waals surface area contributed by atoms with Gasteiger partial charge in [0.2, 0.25) is 18.1 Å². The number of pyridine rings is 1. The number of carbonyl (C=O) groups excluding carboxylic acids is 6. The zero-order valence-corrected chi connectivity index (χ0v) is 58.1. The van der Waals surface area contributed by atoms with Gasteiger partial charge in [-0.3, -0.25) is 38.9 Å². The first-order chi connectivity index (χ1) is 47.7. The maximum atomic E-state index is 13.2. The summed E-state index contributed by atoms with van der Waals surface area (Å²) in [5.74, 6) is -3.76. The van der Waals surface area contributed by atoms with Gasteiger partial charge in [0, 0.05) is 87.1 Å². The quantitative estimate of drug-likeness (QED) is 0.0181. The van der Waals surface area contributed by atoms with E-state index in [0.29, 0.717) is 79.2 Å². The van der Waals surface area contributed by atoms with Crippen molar-refractivity contribution >= 4 is 76.4 Å². The van der Waals surface area contributed by atoms with Crippen molar-refractivity contribution in [1.82, 2.24) is 35.2 Å². The molecule has 8 rings (SSSR count). The number of nitrogens with zero attached hydrogens (tertiary/aromatic N) is 6. The van der Waals surface area contributed by atoms with Crippen molar-refractivity contribution in [2.75, 3.05) is 103 Å². The molecule has 544 valence electrons. The highest BCUT2D eigenvalue weighted by atomic mass is 32.1. The topological polar surface area (TPSA) is 394 Å². The van der Waals surface area contributed by atoms with Crippen LogP contribution in [0, 0.1) is 24.2 Å². The number of likely N-dealkylation sites (N-methyl/N-ethyl adjacent to an activating group) is 1. The van der Waals surface area contributed by atoms with Crippen LogP contribution in [0.2, 0.25) is 0 Å². The number of carboxylic acid groups (broad SMARTS) is 2. The van der Waals surface area contributed by atoms with E-state index in [1.807, 2.05) is 34.7 Å². The first-order valence-electron chi connectivity index (χ1n) is 33.4. The van der Waals surface area contributed by atoms with Crippen LogP contribution in [0.4, 0.5) is 16.3 Å². The second kappa shape index (κ2) is 36.2. The lowest BCUT2D eigenvalue weighted by Crippen LogP contribution is -2.53. The molecule has 4 aromatic rings. The Kier molecular flexibility index (Phi) is 27.9. The van der Waals surface area contributed by atoms with E-state index in [1.165, 1.54) is 35.3 Å². The summed E-state index contributed by atoms with van der Waals surface area (Å²) in [4.78, 5) is 109. The molecule has 100 heavy (non-hydrogen) atoms. The molecule has 5 heterocycles. The maximum absolute atomic E-state index is 13.2. The van der Waals surface area contributed by atoms with Gasteiger partial charge in [-0.15, -0.1) is 0 Å². The molecule has 3 aliphatic heterocycles. The normalized spacial score (nSPS) is 22.1. The number of ether oxygens (including phenoxy) is 8. The summed E-state index contributed by atoms with van der Waals surface area (Å²) in [5, 5.41) is 53.3. The van der Waals surface area contributed by atoms with Gasteiger partial charge < -0.3 is 84.5 Å². The van der Waals surface area contributed by atoms with Crippen LogP contribution in [0.5, 0.6) is 5.75 Å². The van der Waals surface area contributed by atoms with Crippen LogP contribution in [-0.4, -0.2) is 221 Å². The Morgan fingerprint density at radius 2 is 1.58 bits per heavy atom. The van der Waals surface area contributed by atoms with Gasteiger partial charge in [-0.25, -0.2) is 19.4 Å². The van der Waals surface area contributed by atoms with Gasteiger partial charge in [0.05, 0.1) is 83.0 Å². The number of nitrogens with two attached hydrogens (primary N) is 1. The highest BCUT2D eigenvalue weighted by Gasteiger charge is 2.44. The van der Waals surface area contributed by atoms with E-state index >= 15 is 0 Å². The van der Waals surface area contributed by atoms with Gasteiger partial charge in [-0.1, -0.05) is 39.0 Å². The molecule has 2 aromatic carbocycles. The fourth-order valence-electron chi connectivity index (χ4n) is 13.4. The number of aromatic nitrogens is 3. The van der Waals surface area contributed by atoms with Gasteiger partial charge >= 0.3 is 18.0 Å². The van der Waals surface area contributed by atoms with Gasteiger partial charge in [0.25, 0.3) is 17.7 Å². The third kappa shape index (κ3) is 21.5. The van der Waals surface area contributed by atoms with E-state index in [0.717, 1.165) is 53.8 Å². The van der Waals surface area contributed by atoms with Crippen LogP contribution in [0.15, 0.2) is 66.9 Å². The minimum atomic E-state index is -1.81. The predicted molar refractivity (Wildman–Crippen MR) is 365 cm³/mol. The summed E-state index contributed by atoms with van der Waals surface area (Å²) in [6, 6.07) is 13.5. The van der Waals surface area contributed by atoms with Crippen LogP contribution in [0.25, 0.3) is 11.1 Å². The summed E-state index contributed by atoms with van der Waals surface area (Å²) < 4.78 is 48.1. The predicted octanol–water partition coefficient (Wildman–Crippen LogP) is 4.51. The van der Waals surface area contributed by atoms with Crippen molar-refractivity contribution in [1.29, 1.82) is 0 Å². The zero-order chi connectivity index (χ0) is 72.3. The first-order valence-corrected chi connectivity index (χ1v) is 33.9. The van der Waals surface area contributed by atoms with Crippen molar-refractivity contribution in [2.45, 2.75) is 136 Å². The number of imide groups is 1. The Hall–Kier alpha value is -8.53. The second-order valence-corrected chi connectivity index (χ2v) is 26.5. The lowest BCUT2D eigenvalue weighted by Gasteiger charge is -2.46. The van der Waals surface area contributed by atoms with Crippen molar-refractivity contribution < 1.29 is 96.7 Å².